The molecular formula is C28H37N5O6. The quantitative estimate of drug-likeness (QED) is 0.487. The van der Waals surface area contributed by atoms with Crippen LogP contribution in [0, 0.1) is 5.92 Å². The first-order valence-corrected chi connectivity index (χ1v) is 13.4. The van der Waals surface area contributed by atoms with Gasteiger partial charge in [0.15, 0.2) is 0 Å². The van der Waals surface area contributed by atoms with Gasteiger partial charge in [0.25, 0.3) is 0 Å². The molecular weight excluding hydrogens is 502 g/mol. The van der Waals surface area contributed by atoms with Crippen LogP contribution >= 0.6 is 0 Å². The van der Waals surface area contributed by atoms with Crippen molar-refractivity contribution < 1.29 is 28.7 Å². The molecule has 1 aromatic heterocycles. The van der Waals surface area contributed by atoms with E-state index < -0.39 is 29.9 Å². The minimum Gasteiger partial charge on any atom is -0.444 e. The molecule has 4 rings (SSSR count). The number of likely N-dealkylation sites (tertiary alicyclic amines) is 1. The van der Waals surface area contributed by atoms with Crippen LogP contribution in [0.1, 0.15) is 64.9 Å². The summed E-state index contributed by atoms with van der Waals surface area (Å²) in [4.78, 5) is 55.9. The van der Waals surface area contributed by atoms with Crippen LogP contribution in [-0.4, -0.2) is 58.1 Å². The molecule has 11 nitrogen and oxygen atoms in total. The van der Waals surface area contributed by atoms with E-state index in [9.17, 15) is 19.2 Å². The molecule has 4 N–H and O–H groups in total. The lowest BCUT2D eigenvalue weighted by Gasteiger charge is -2.43. The molecule has 0 bridgehead atoms. The van der Waals surface area contributed by atoms with Crippen LogP contribution in [-0.2, 0) is 20.9 Å². The van der Waals surface area contributed by atoms with Gasteiger partial charge in [-0.2, -0.15) is 0 Å². The van der Waals surface area contributed by atoms with Gasteiger partial charge in [0.1, 0.15) is 17.7 Å². The highest BCUT2D eigenvalue weighted by Crippen LogP contribution is 2.30. The number of nitrogens with one attached hydrogen (secondary N) is 2. The second kappa shape index (κ2) is 11.9. The first-order valence-electron chi connectivity index (χ1n) is 13.4. The third kappa shape index (κ3) is 7.15. The number of hydrogen-bond acceptors (Lipinski definition) is 7. The number of alkyl carbamates (subject to hydrolysis) is 1. The second-order valence-electron chi connectivity index (χ2n) is 11.2. The summed E-state index contributed by atoms with van der Waals surface area (Å²) in [7, 11) is 0. The van der Waals surface area contributed by atoms with Crippen LogP contribution in [0.25, 0.3) is 10.8 Å². The molecule has 1 aliphatic heterocycles. The van der Waals surface area contributed by atoms with Crippen LogP contribution in [0.15, 0.2) is 30.5 Å². The topological polar surface area (TPSA) is 153 Å². The van der Waals surface area contributed by atoms with Gasteiger partial charge in [0.2, 0.25) is 17.7 Å². The highest BCUT2D eigenvalue weighted by atomic mass is 16.6. The Balaban J connectivity index is 1.40. The average molecular weight is 540 g/mol. The zero-order valence-corrected chi connectivity index (χ0v) is 22.7. The SMILES string of the molecule is CC(C)(C)OC(=O)NC(C(=O)N1CCC1C(=O)NCc1ccc2c(OC(N)=O)nccc2c1)C1CCCCC1. The van der Waals surface area contributed by atoms with Gasteiger partial charge in [-0.25, -0.2) is 14.6 Å². The number of nitrogens with zero attached hydrogens (tertiary/aromatic N) is 2. The molecule has 1 aromatic carbocycles. The fourth-order valence-corrected chi connectivity index (χ4v) is 5.18. The average Bonchev–Trinajstić information content (AvgIpc) is 2.84. The predicted molar refractivity (Wildman–Crippen MR) is 144 cm³/mol. The van der Waals surface area contributed by atoms with Gasteiger partial charge in [0.05, 0.1) is 0 Å². The number of nitrogens with two attached hydrogens (primary N) is 1. The zero-order chi connectivity index (χ0) is 28.2. The second-order valence-corrected chi connectivity index (χ2v) is 11.2. The van der Waals surface area contributed by atoms with E-state index in [0.717, 1.165) is 43.1 Å². The number of hydrogen-bond donors (Lipinski definition) is 3. The van der Waals surface area contributed by atoms with Gasteiger partial charge < -0.3 is 30.7 Å². The number of rotatable bonds is 7. The third-order valence-electron chi connectivity index (χ3n) is 7.12. The first-order chi connectivity index (χ1) is 18.5. The van der Waals surface area contributed by atoms with E-state index in [4.69, 9.17) is 15.2 Å². The minimum absolute atomic E-state index is 0.0126. The van der Waals surface area contributed by atoms with E-state index in [1.165, 1.54) is 6.20 Å². The minimum atomic E-state index is -0.946. The van der Waals surface area contributed by atoms with Crippen LogP contribution in [0.4, 0.5) is 9.59 Å². The summed E-state index contributed by atoms with van der Waals surface area (Å²) in [5.74, 6) is -0.355. The highest BCUT2D eigenvalue weighted by Gasteiger charge is 2.43. The van der Waals surface area contributed by atoms with Gasteiger partial charge >= 0.3 is 12.2 Å². The van der Waals surface area contributed by atoms with Crippen molar-refractivity contribution in [3.8, 4) is 5.88 Å². The van der Waals surface area contributed by atoms with E-state index in [-0.39, 0.29) is 30.2 Å². The molecule has 2 aliphatic rings. The van der Waals surface area contributed by atoms with Crippen LogP contribution < -0.4 is 21.1 Å². The molecule has 11 heteroatoms. The number of aromatic nitrogens is 1. The molecule has 2 atom stereocenters. The number of ether oxygens (including phenoxy) is 2. The lowest BCUT2D eigenvalue weighted by molar-refractivity contribution is -0.150. The van der Waals surface area contributed by atoms with Crippen molar-refractivity contribution in [1.29, 1.82) is 0 Å². The number of amides is 4. The zero-order valence-electron chi connectivity index (χ0n) is 22.7. The summed E-state index contributed by atoms with van der Waals surface area (Å²) in [5, 5.41) is 7.13. The van der Waals surface area contributed by atoms with Gasteiger partial charge in [-0.15, -0.1) is 0 Å². The Bertz CT molecular complexity index is 1240. The number of primary amides is 1. The molecule has 0 radical (unpaired) electrons. The Kier molecular flexibility index (Phi) is 8.57. The Morgan fingerprint density at radius 3 is 2.49 bits per heavy atom. The molecule has 1 saturated carbocycles. The van der Waals surface area contributed by atoms with E-state index in [1.807, 2.05) is 6.07 Å². The number of pyridine rings is 1. The molecule has 2 unspecified atom stereocenters. The van der Waals surface area contributed by atoms with Crippen molar-refractivity contribution >= 4 is 34.8 Å². The number of benzene rings is 1. The summed E-state index contributed by atoms with van der Waals surface area (Å²) in [6.07, 6.45) is 5.32. The van der Waals surface area contributed by atoms with E-state index in [2.05, 4.69) is 15.6 Å². The fraction of sp³-hybridized carbons (Fsp3) is 0.536. The largest absolute Gasteiger partial charge is 0.444 e. The standard InChI is InChI=1S/C28H37N5O6/c1-28(2,3)39-27(37)32-22(18-7-5-4-6-8-18)25(35)33-14-12-21(33)23(34)31-16-17-9-10-20-19(15-17)11-13-30-24(20)38-26(29)36/h9-11,13,15,18,21-22H,4-8,12,14,16H2,1-3H3,(H2,29,36)(H,31,34)(H,32,37). The predicted octanol–water partition coefficient (Wildman–Crippen LogP) is 3.38. The van der Waals surface area contributed by atoms with Crippen LogP contribution in [0.5, 0.6) is 5.88 Å². The van der Waals surface area contributed by atoms with Gasteiger partial charge in [-0.1, -0.05) is 25.3 Å². The molecule has 2 heterocycles. The molecule has 39 heavy (non-hydrogen) atoms. The van der Waals surface area contributed by atoms with E-state index in [0.29, 0.717) is 18.4 Å². The Labute approximate surface area is 227 Å². The monoisotopic (exact) mass is 539 g/mol. The summed E-state index contributed by atoms with van der Waals surface area (Å²) < 4.78 is 10.4. The summed E-state index contributed by atoms with van der Waals surface area (Å²) >= 11 is 0. The Morgan fingerprint density at radius 2 is 1.85 bits per heavy atom. The maximum absolute atomic E-state index is 13.6. The summed E-state index contributed by atoms with van der Waals surface area (Å²) in [6, 6.07) is 5.86. The summed E-state index contributed by atoms with van der Waals surface area (Å²) in [5.41, 5.74) is 5.26. The van der Waals surface area contributed by atoms with E-state index in [1.54, 1.807) is 43.9 Å². The maximum atomic E-state index is 13.6. The number of carbonyl (C=O) groups is 4. The third-order valence-corrected chi connectivity index (χ3v) is 7.12. The van der Waals surface area contributed by atoms with Crippen molar-refractivity contribution in [2.75, 3.05) is 6.54 Å². The van der Waals surface area contributed by atoms with E-state index >= 15 is 0 Å². The molecule has 2 fully saturated rings. The molecule has 210 valence electrons. The Hall–Kier alpha value is -3.89. The first kappa shape index (κ1) is 28.1. The maximum Gasteiger partial charge on any atom is 0.411 e. The molecule has 2 aromatic rings. The fourth-order valence-electron chi connectivity index (χ4n) is 5.18. The molecule has 0 spiro atoms. The molecule has 4 amide bonds. The van der Waals surface area contributed by atoms with Crippen molar-refractivity contribution in [3.05, 3.63) is 36.0 Å². The Morgan fingerprint density at radius 1 is 1.10 bits per heavy atom. The number of fused-ring (bicyclic) bond motifs is 1. The van der Waals surface area contributed by atoms with Crippen molar-refractivity contribution in [2.45, 2.75) is 83.5 Å². The van der Waals surface area contributed by atoms with Crippen LogP contribution in [0.2, 0.25) is 0 Å². The molecule has 1 saturated heterocycles. The molecule has 1 aliphatic carbocycles. The normalized spacial score (nSPS) is 18.5. The van der Waals surface area contributed by atoms with Crippen molar-refractivity contribution in [1.82, 2.24) is 20.5 Å². The number of carbonyl (C=O) groups excluding carboxylic acids is 4. The lowest BCUT2D eigenvalue weighted by Crippen LogP contribution is -2.63. The van der Waals surface area contributed by atoms with Crippen molar-refractivity contribution in [3.63, 3.8) is 0 Å². The smallest absolute Gasteiger partial charge is 0.411 e. The van der Waals surface area contributed by atoms with Crippen molar-refractivity contribution in [2.24, 2.45) is 11.7 Å². The highest BCUT2D eigenvalue weighted by molar-refractivity contribution is 5.93. The van der Waals surface area contributed by atoms with Gasteiger partial charge in [-0.05, 0) is 75.1 Å². The summed E-state index contributed by atoms with van der Waals surface area (Å²) in [6.45, 7) is 6.05. The lowest BCUT2D eigenvalue weighted by atomic mass is 9.82. The van der Waals surface area contributed by atoms with Gasteiger partial charge in [-0.3, -0.25) is 9.59 Å². The van der Waals surface area contributed by atoms with Crippen LogP contribution in [0.3, 0.4) is 0 Å². The van der Waals surface area contributed by atoms with Gasteiger partial charge in [0, 0.05) is 24.7 Å².